The molecule has 0 heterocycles. The number of aliphatic hydroxyl groups is 1. The van der Waals surface area contributed by atoms with E-state index in [0.29, 0.717) is 5.57 Å². The largest absolute Gasteiger partial charge is 0.385 e. The standard InChI is InChI=1S/C28H33BrO4/c1-14-13-19-25(3,24(33)20(14)30)11-12-26(4)17-8-7-16-15(2)21(31)22(32)23(29)28(16,6)18(17)9-10-27(19,26)5/h7-10,14,19,23-24,33H,11-13H2,1-6H3. The Labute approximate surface area is 204 Å². The van der Waals surface area contributed by atoms with Gasteiger partial charge in [0.2, 0.25) is 11.6 Å². The number of halogens is 1. The van der Waals surface area contributed by atoms with Crippen LogP contribution in [0, 0.1) is 33.5 Å². The Morgan fingerprint density at radius 1 is 0.970 bits per heavy atom. The van der Waals surface area contributed by atoms with Crippen LogP contribution in [0.3, 0.4) is 0 Å². The number of hydrogen-bond donors (Lipinski definition) is 1. The SMILES string of the molecule is CC1=C2C=CC3=C(C=CC4(C)C5CC(C)C(=O)C(O)C5(C)CCC34C)C2(C)C(Br)C(=O)C1=O. The lowest BCUT2D eigenvalue weighted by Crippen LogP contribution is -2.63. The Bertz CT molecular complexity index is 1140. The summed E-state index contributed by atoms with van der Waals surface area (Å²) in [6.07, 6.45) is 10.1. The third-order valence-corrected chi connectivity index (χ3v) is 11.9. The topological polar surface area (TPSA) is 71.4 Å². The quantitative estimate of drug-likeness (QED) is 0.363. The highest BCUT2D eigenvalue weighted by atomic mass is 79.9. The van der Waals surface area contributed by atoms with Crippen molar-refractivity contribution in [2.24, 2.45) is 33.5 Å². The molecule has 176 valence electrons. The first-order chi connectivity index (χ1) is 15.2. The van der Waals surface area contributed by atoms with Crippen LogP contribution in [0.5, 0.6) is 0 Å². The molecule has 2 fully saturated rings. The fourth-order valence-corrected chi connectivity index (χ4v) is 8.69. The molecule has 8 unspecified atom stereocenters. The van der Waals surface area contributed by atoms with E-state index in [1.54, 1.807) is 6.92 Å². The van der Waals surface area contributed by atoms with Gasteiger partial charge in [0.25, 0.3) is 0 Å². The van der Waals surface area contributed by atoms with Gasteiger partial charge in [-0.3, -0.25) is 14.4 Å². The van der Waals surface area contributed by atoms with Crippen LogP contribution >= 0.6 is 15.9 Å². The van der Waals surface area contributed by atoms with Crippen LogP contribution < -0.4 is 0 Å². The molecule has 33 heavy (non-hydrogen) atoms. The third kappa shape index (κ3) is 2.48. The summed E-state index contributed by atoms with van der Waals surface area (Å²) in [6, 6.07) is 0. The molecule has 0 radical (unpaired) electrons. The lowest BCUT2D eigenvalue weighted by molar-refractivity contribution is -0.173. The second-order valence-electron chi connectivity index (χ2n) is 11.9. The van der Waals surface area contributed by atoms with Crippen molar-refractivity contribution in [2.45, 2.75) is 71.7 Å². The third-order valence-electron chi connectivity index (χ3n) is 10.6. The first kappa shape index (κ1) is 23.2. The Morgan fingerprint density at radius 2 is 1.61 bits per heavy atom. The summed E-state index contributed by atoms with van der Waals surface area (Å²) >= 11 is 3.61. The summed E-state index contributed by atoms with van der Waals surface area (Å²) in [7, 11) is 0. The van der Waals surface area contributed by atoms with E-state index in [9.17, 15) is 19.5 Å². The van der Waals surface area contributed by atoms with Crippen LogP contribution in [0.25, 0.3) is 0 Å². The highest BCUT2D eigenvalue weighted by molar-refractivity contribution is 9.10. The van der Waals surface area contributed by atoms with Crippen LogP contribution in [0.4, 0.5) is 0 Å². The van der Waals surface area contributed by atoms with Gasteiger partial charge in [-0.05, 0) is 61.2 Å². The molecule has 0 aromatic carbocycles. The van der Waals surface area contributed by atoms with E-state index in [-0.39, 0.29) is 34.2 Å². The summed E-state index contributed by atoms with van der Waals surface area (Å²) in [5.74, 6) is -0.815. The van der Waals surface area contributed by atoms with E-state index in [1.807, 2.05) is 13.0 Å². The van der Waals surface area contributed by atoms with Crippen LogP contribution in [0.1, 0.15) is 60.8 Å². The van der Waals surface area contributed by atoms with Crippen molar-refractivity contribution in [3.05, 3.63) is 46.6 Å². The van der Waals surface area contributed by atoms with Gasteiger partial charge in [0.15, 0.2) is 5.78 Å². The van der Waals surface area contributed by atoms with Gasteiger partial charge in [-0.2, -0.15) is 0 Å². The molecule has 0 spiro atoms. The molecule has 5 aliphatic carbocycles. The highest BCUT2D eigenvalue weighted by Gasteiger charge is 2.66. The van der Waals surface area contributed by atoms with E-state index in [4.69, 9.17) is 0 Å². The van der Waals surface area contributed by atoms with Crippen molar-refractivity contribution in [1.29, 1.82) is 0 Å². The second-order valence-corrected chi connectivity index (χ2v) is 12.8. The van der Waals surface area contributed by atoms with Gasteiger partial charge in [0, 0.05) is 27.7 Å². The van der Waals surface area contributed by atoms with Crippen LogP contribution in [-0.4, -0.2) is 33.4 Å². The van der Waals surface area contributed by atoms with Crippen LogP contribution in [0.15, 0.2) is 46.6 Å². The van der Waals surface area contributed by atoms with Crippen molar-refractivity contribution in [3.63, 3.8) is 0 Å². The maximum Gasteiger partial charge on any atom is 0.225 e. The first-order valence-electron chi connectivity index (χ1n) is 12.0. The van der Waals surface area contributed by atoms with Crippen molar-refractivity contribution < 1.29 is 19.5 Å². The van der Waals surface area contributed by atoms with Crippen molar-refractivity contribution >= 4 is 33.3 Å². The highest BCUT2D eigenvalue weighted by Crippen LogP contribution is 2.70. The van der Waals surface area contributed by atoms with Gasteiger partial charge < -0.3 is 5.11 Å². The van der Waals surface area contributed by atoms with Gasteiger partial charge in [0.05, 0.1) is 4.83 Å². The number of aliphatic hydroxyl groups excluding tert-OH is 1. The molecule has 0 aliphatic heterocycles. The zero-order valence-electron chi connectivity index (χ0n) is 20.3. The lowest BCUT2D eigenvalue weighted by Gasteiger charge is -2.65. The minimum Gasteiger partial charge on any atom is -0.385 e. The molecule has 2 saturated carbocycles. The zero-order chi connectivity index (χ0) is 24.3. The van der Waals surface area contributed by atoms with E-state index < -0.39 is 27.5 Å². The predicted molar refractivity (Wildman–Crippen MR) is 131 cm³/mol. The molecule has 5 heteroatoms. The summed E-state index contributed by atoms with van der Waals surface area (Å²) < 4.78 is 0. The van der Waals surface area contributed by atoms with Gasteiger partial charge in [-0.1, -0.05) is 67.9 Å². The Hall–Kier alpha value is -1.59. The smallest absolute Gasteiger partial charge is 0.225 e. The normalized spacial score (nSPS) is 49.0. The number of allylic oxidation sites excluding steroid dienone is 8. The number of ketones is 3. The fraction of sp³-hybridized carbons (Fsp3) is 0.607. The molecule has 0 aromatic rings. The van der Waals surface area contributed by atoms with E-state index in [1.165, 1.54) is 5.57 Å². The van der Waals surface area contributed by atoms with E-state index in [0.717, 1.165) is 30.4 Å². The number of Topliss-reactive ketones (excluding diaryl/α,β-unsaturated/α-hetero) is 3. The molecule has 0 amide bonds. The maximum atomic E-state index is 12.9. The minimum absolute atomic E-state index is 0.0245. The molecule has 0 bridgehead atoms. The van der Waals surface area contributed by atoms with Gasteiger partial charge in [-0.25, -0.2) is 0 Å². The molecule has 5 aliphatic rings. The van der Waals surface area contributed by atoms with Gasteiger partial charge >= 0.3 is 0 Å². The maximum absolute atomic E-state index is 12.9. The summed E-state index contributed by atoms with van der Waals surface area (Å²) in [5.41, 5.74) is 2.25. The summed E-state index contributed by atoms with van der Waals surface area (Å²) in [6.45, 7) is 12.5. The molecule has 1 N–H and O–H groups in total. The average molecular weight is 513 g/mol. The number of rotatable bonds is 0. The molecule has 0 aromatic heterocycles. The number of carbonyl (C=O) groups is 3. The molecular weight excluding hydrogens is 480 g/mol. The van der Waals surface area contributed by atoms with Crippen molar-refractivity contribution in [1.82, 2.24) is 0 Å². The van der Waals surface area contributed by atoms with E-state index in [2.05, 4.69) is 61.9 Å². The summed E-state index contributed by atoms with van der Waals surface area (Å²) in [4.78, 5) is 37.5. The molecule has 5 rings (SSSR count). The van der Waals surface area contributed by atoms with E-state index >= 15 is 0 Å². The van der Waals surface area contributed by atoms with Gasteiger partial charge in [-0.15, -0.1) is 0 Å². The van der Waals surface area contributed by atoms with Gasteiger partial charge in [0.1, 0.15) is 6.10 Å². The fourth-order valence-electron chi connectivity index (χ4n) is 7.99. The number of fused-ring (bicyclic) bond motifs is 6. The molecule has 0 saturated heterocycles. The molecular formula is C28H33BrO4. The van der Waals surface area contributed by atoms with Crippen LogP contribution in [-0.2, 0) is 14.4 Å². The summed E-state index contributed by atoms with van der Waals surface area (Å²) in [5, 5.41) is 11.1. The van der Waals surface area contributed by atoms with Crippen molar-refractivity contribution in [2.75, 3.05) is 0 Å². The Morgan fingerprint density at radius 3 is 2.27 bits per heavy atom. The zero-order valence-corrected chi connectivity index (χ0v) is 21.9. The predicted octanol–water partition coefficient (Wildman–Crippen LogP) is 5.06. The molecule has 8 atom stereocenters. The number of hydrogen-bond acceptors (Lipinski definition) is 4. The minimum atomic E-state index is -0.929. The second kappa shape index (κ2) is 6.75. The lowest BCUT2D eigenvalue weighted by atomic mass is 9.38. The Kier molecular flexibility index (Phi) is 4.74. The average Bonchev–Trinajstić information content (AvgIpc) is 2.78. The van der Waals surface area contributed by atoms with Crippen LogP contribution in [0.2, 0.25) is 0 Å². The Balaban J connectivity index is 1.69. The first-order valence-corrected chi connectivity index (χ1v) is 12.9. The number of carbonyl (C=O) groups excluding carboxylic acids is 3. The number of alkyl halides is 1. The monoisotopic (exact) mass is 512 g/mol. The van der Waals surface area contributed by atoms with Crippen molar-refractivity contribution in [3.8, 4) is 0 Å². The molecule has 4 nitrogen and oxygen atoms in total.